The maximum Gasteiger partial charge on any atom is 0.270 e. The average molecular weight is 384 g/mol. The van der Waals surface area contributed by atoms with Crippen molar-refractivity contribution in [1.82, 2.24) is 0 Å². The molecule has 0 spiro atoms. The summed E-state index contributed by atoms with van der Waals surface area (Å²) in [6.07, 6.45) is 1.83. The van der Waals surface area contributed by atoms with Crippen molar-refractivity contribution in [3.8, 4) is 11.5 Å². The Kier molecular flexibility index (Phi) is 4.34. The standard InChI is InChI=1S/C19H16N2O3S2/c1-20(2)13-4-6-14(7-5-13)21-18(22)17(26-19(21)25)10-12-3-8-15-16(9-12)24-11-23-15/h3-10H,11H2,1-2H3/b17-10+. The van der Waals surface area contributed by atoms with Crippen LogP contribution in [0.4, 0.5) is 11.4 Å². The maximum atomic E-state index is 12.9. The zero-order valence-electron chi connectivity index (χ0n) is 14.3. The second-order valence-corrected chi connectivity index (χ2v) is 7.72. The van der Waals surface area contributed by atoms with Gasteiger partial charge < -0.3 is 14.4 Å². The van der Waals surface area contributed by atoms with E-state index in [1.54, 1.807) is 4.90 Å². The van der Waals surface area contributed by atoms with Gasteiger partial charge in [0.2, 0.25) is 6.79 Å². The Morgan fingerprint density at radius 1 is 1.12 bits per heavy atom. The van der Waals surface area contributed by atoms with Crippen molar-refractivity contribution in [3.63, 3.8) is 0 Å². The van der Waals surface area contributed by atoms with E-state index in [-0.39, 0.29) is 12.7 Å². The summed E-state index contributed by atoms with van der Waals surface area (Å²) in [7, 11) is 3.95. The Hall–Kier alpha value is -2.51. The highest BCUT2D eigenvalue weighted by Gasteiger charge is 2.33. The Balaban J connectivity index is 1.60. The van der Waals surface area contributed by atoms with Crippen LogP contribution in [-0.4, -0.2) is 31.1 Å². The smallest absolute Gasteiger partial charge is 0.270 e. The van der Waals surface area contributed by atoms with E-state index in [4.69, 9.17) is 21.7 Å². The van der Waals surface area contributed by atoms with Crippen molar-refractivity contribution in [2.75, 3.05) is 30.7 Å². The van der Waals surface area contributed by atoms with Gasteiger partial charge in [0.1, 0.15) is 0 Å². The molecule has 2 aliphatic rings. The van der Waals surface area contributed by atoms with Gasteiger partial charge in [-0.1, -0.05) is 30.0 Å². The molecule has 132 valence electrons. The Labute approximate surface area is 161 Å². The number of carbonyl (C=O) groups excluding carboxylic acids is 1. The summed E-state index contributed by atoms with van der Waals surface area (Å²) >= 11 is 6.73. The van der Waals surface area contributed by atoms with Gasteiger partial charge in [-0.05, 0) is 48.0 Å². The normalized spacial score (nSPS) is 17.3. The molecule has 26 heavy (non-hydrogen) atoms. The number of amides is 1. The number of benzene rings is 2. The zero-order valence-corrected chi connectivity index (χ0v) is 15.9. The Bertz CT molecular complexity index is 923. The molecular formula is C19H16N2O3S2. The topological polar surface area (TPSA) is 42.0 Å². The third-order valence-corrected chi connectivity index (χ3v) is 5.41. The van der Waals surface area contributed by atoms with Gasteiger partial charge in [0.05, 0.1) is 10.6 Å². The van der Waals surface area contributed by atoms with E-state index in [1.807, 2.05) is 67.5 Å². The predicted octanol–water partition coefficient (Wildman–Crippen LogP) is 3.89. The summed E-state index contributed by atoms with van der Waals surface area (Å²) in [5.41, 5.74) is 2.71. The molecule has 0 bridgehead atoms. The van der Waals surface area contributed by atoms with Crippen molar-refractivity contribution in [2.45, 2.75) is 0 Å². The van der Waals surface area contributed by atoms with E-state index in [0.717, 1.165) is 22.7 Å². The number of hydrogen-bond donors (Lipinski definition) is 0. The first-order chi connectivity index (χ1) is 12.5. The number of rotatable bonds is 3. The molecule has 1 fully saturated rings. The monoisotopic (exact) mass is 384 g/mol. The second-order valence-electron chi connectivity index (χ2n) is 6.04. The van der Waals surface area contributed by atoms with Crippen LogP contribution in [0, 0.1) is 0 Å². The van der Waals surface area contributed by atoms with Crippen LogP contribution in [0.3, 0.4) is 0 Å². The second kappa shape index (κ2) is 6.66. The molecule has 1 saturated heterocycles. The van der Waals surface area contributed by atoms with Crippen LogP contribution in [0.5, 0.6) is 11.5 Å². The van der Waals surface area contributed by atoms with Gasteiger partial charge in [-0.25, -0.2) is 0 Å². The zero-order chi connectivity index (χ0) is 18.3. The summed E-state index contributed by atoms with van der Waals surface area (Å²) in [4.78, 5) is 17.0. The van der Waals surface area contributed by atoms with Gasteiger partial charge in [0, 0.05) is 19.8 Å². The summed E-state index contributed by atoms with van der Waals surface area (Å²) in [5, 5.41) is 0. The number of hydrogen-bond acceptors (Lipinski definition) is 6. The van der Waals surface area contributed by atoms with E-state index in [1.165, 1.54) is 11.8 Å². The number of carbonyl (C=O) groups is 1. The molecule has 5 nitrogen and oxygen atoms in total. The number of nitrogens with zero attached hydrogens (tertiary/aromatic N) is 2. The SMILES string of the molecule is CN(C)c1ccc(N2C(=O)/C(=C\c3ccc4c(c3)OCO4)SC2=S)cc1. The molecule has 2 aliphatic heterocycles. The number of thioether (sulfide) groups is 1. The predicted molar refractivity (Wildman–Crippen MR) is 109 cm³/mol. The van der Waals surface area contributed by atoms with Gasteiger partial charge in [-0.2, -0.15) is 0 Å². The fourth-order valence-electron chi connectivity index (χ4n) is 2.74. The van der Waals surface area contributed by atoms with Crippen molar-refractivity contribution < 1.29 is 14.3 Å². The van der Waals surface area contributed by atoms with E-state index in [2.05, 4.69) is 0 Å². The van der Waals surface area contributed by atoms with Crippen LogP contribution in [0.2, 0.25) is 0 Å². The van der Waals surface area contributed by atoms with E-state index < -0.39 is 0 Å². The van der Waals surface area contributed by atoms with Gasteiger partial charge in [-0.3, -0.25) is 9.69 Å². The molecule has 0 aliphatic carbocycles. The lowest BCUT2D eigenvalue weighted by Crippen LogP contribution is -2.27. The average Bonchev–Trinajstić information content (AvgIpc) is 3.19. The van der Waals surface area contributed by atoms with Crippen LogP contribution in [0.15, 0.2) is 47.4 Å². The lowest BCUT2D eigenvalue weighted by Gasteiger charge is -2.17. The highest BCUT2D eigenvalue weighted by Crippen LogP contribution is 2.38. The highest BCUT2D eigenvalue weighted by atomic mass is 32.2. The molecule has 4 rings (SSSR count). The van der Waals surface area contributed by atoms with Crippen LogP contribution >= 0.6 is 24.0 Å². The molecule has 1 amide bonds. The molecule has 0 N–H and O–H groups in total. The minimum atomic E-state index is -0.115. The summed E-state index contributed by atoms with van der Waals surface area (Å²) in [6, 6.07) is 13.3. The first kappa shape index (κ1) is 16.9. The number of thiocarbonyl (C=S) groups is 1. The quantitative estimate of drug-likeness (QED) is 0.591. The van der Waals surface area contributed by atoms with Gasteiger partial charge in [-0.15, -0.1) is 0 Å². The third kappa shape index (κ3) is 3.04. The van der Waals surface area contributed by atoms with Crippen LogP contribution in [0.25, 0.3) is 6.08 Å². The summed E-state index contributed by atoms with van der Waals surface area (Å²) in [6.45, 7) is 0.226. The molecule has 2 aromatic rings. The number of anilines is 2. The molecule has 0 saturated carbocycles. The molecule has 2 heterocycles. The Morgan fingerprint density at radius 3 is 2.58 bits per heavy atom. The minimum absolute atomic E-state index is 0.115. The first-order valence-electron chi connectivity index (χ1n) is 7.98. The molecule has 0 unspecified atom stereocenters. The van der Waals surface area contributed by atoms with Crippen LogP contribution < -0.4 is 19.3 Å². The van der Waals surface area contributed by atoms with E-state index >= 15 is 0 Å². The van der Waals surface area contributed by atoms with Gasteiger partial charge in [0.25, 0.3) is 5.91 Å². The van der Waals surface area contributed by atoms with Crippen molar-refractivity contribution in [1.29, 1.82) is 0 Å². The molecule has 2 aromatic carbocycles. The van der Waals surface area contributed by atoms with Gasteiger partial charge in [0.15, 0.2) is 15.8 Å². The largest absolute Gasteiger partial charge is 0.454 e. The number of ether oxygens (including phenoxy) is 2. The van der Waals surface area contributed by atoms with E-state index in [9.17, 15) is 4.79 Å². The lowest BCUT2D eigenvalue weighted by atomic mass is 10.2. The fourth-order valence-corrected chi connectivity index (χ4v) is 4.04. The van der Waals surface area contributed by atoms with Crippen molar-refractivity contribution in [2.24, 2.45) is 0 Å². The van der Waals surface area contributed by atoms with Crippen molar-refractivity contribution in [3.05, 3.63) is 52.9 Å². The summed E-state index contributed by atoms with van der Waals surface area (Å²) < 4.78 is 11.2. The molecule has 0 aromatic heterocycles. The minimum Gasteiger partial charge on any atom is -0.454 e. The number of fused-ring (bicyclic) bond motifs is 1. The van der Waals surface area contributed by atoms with Gasteiger partial charge >= 0.3 is 0 Å². The first-order valence-corrected chi connectivity index (χ1v) is 9.20. The summed E-state index contributed by atoms with van der Waals surface area (Å²) in [5.74, 6) is 1.29. The molecule has 7 heteroatoms. The molecule has 0 atom stereocenters. The maximum absolute atomic E-state index is 12.9. The van der Waals surface area contributed by atoms with Crippen LogP contribution in [0.1, 0.15) is 5.56 Å². The molecule has 0 radical (unpaired) electrons. The Morgan fingerprint density at radius 2 is 1.85 bits per heavy atom. The van der Waals surface area contributed by atoms with Crippen LogP contribution in [-0.2, 0) is 4.79 Å². The fraction of sp³-hybridized carbons (Fsp3) is 0.158. The van der Waals surface area contributed by atoms with Crippen molar-refractivity contribution >= 4 is 51.7 Å². The lowest BCUT2D eigenvalue weighted by molar-refractivity contribution is -0.113. The third-order valence-electron chi connectivity index (χ3n) is 4.11. The van der Waals surface area contributed by atoms with E-state index in [0.29, 0.717) is 15.0 Å². The highest BCUT2D eigenvalue weighted by molar-refractivity contribution is 8.27. The molecular weight excluding hydrogens is 368 g/mol.